The molecule has 0 amide bonds. The van der Waals surface area contributed by atoms with E-state index in [0.29, 0.717) is 11.3 Å². The van der Waals surface area contributed by atoms with Crippen LogP contribution in [0.25, 0.3) is 11.3 Å². The molecule has 7 heteroatoms. The monoisotopic (exact) mass is 184 g/mol. The van der Waals surface area contributed by atoms with Gasteiger partial charge in [0.25, 0.3) is 11.3 Å². The number of nitrogens with zero attached hydrogens (tertiary/aromatic N) is 4. The van der Waals surface area contributed by atoms with Crippen molar-refractivity contribution < 1.29 is 8.76 Å². The summed E-state index contributed by atoms with van der Waals surface area (Å²) in [5.74, 6) is 0. The summed E-state index contributed by atoms with van der Waals surface area (Å²) in [5, 5.41) is 0. The molecule has 2 rings (SSSR count). The van der Waals surface area contributed by atoms with Crippen LogP contribution in [0.1, 0.15) is 0 Å². The molecule has 1 atom stereocenters. The predicted molar refractivity (Wildman–Crippen MR) is 41.5 cm³/mol. The van der Waals surface area contributed by atoms with Crippen molar-refractivity contribution in [1.29, 1.82) is 0 Å². The molecule has 1 unspecified atom stereocenters. The Balaban J connectivity index is 2.79. The molecule has 0 aromatic carbocycles. The topological polar surface area (TPSA) is 80.9 Å². The van der Waals surface area contributed by atoms with Gasteiger partial charge in [-0.05, 0) is 0 Å². The molecule has 2 heterocycles. The molecule has 2 aromatic heterocycles. The standard InChI is InChI=1S/C5H4N4O2S/c10-12(11)9-3-8-4-5(9)7-2-1-6-4/h1-3H,(H,10,11). The lowest BCUT2D eigenvalue weighted by Gasteiger charge is -1.92. The molecule has 0 radical (unpaired) electrons. The fraction of sp³-hybridized carbons (Fsp3) is 0. The van der Waals surface area contributed by atoms with Crippen molar-refractivity contribution in [3.05, 3.63) is 18.7 Å². The van der Waals surface area contributed by atoms with Gasteiger partial charge in [0.05, 0.1) is 0 Å². The van der Waals surface area contributed by atoms with Crippen LogP contribution in [0.5, 0.6) is 0 Å². The maximum absolute atomic E-state index is 10.6. The van der Waals surface area contributed by atoms with E-state index in [0.717, 1.165) is 3.97 Å². The molecule has 0 fully saturated rings. The smallest absolute Gasteiger partial charge is 0.268 e. The quantitative estimate of drug-likeness (QED) is 0.621. The zero-order chi connectivity index (χ0) is 8.55. The van der Waals surface area contributed by atoms with Gasteiger partial charge in [0.15, 0.2) is 11.3 Å². The Morgan fingerprint density at radius 3 is 2.83 bits per heavy atom. The lowest BCUT2D eigenvalue weighted by atomic mass is 10.7. The highest BCUT2D eigenvalue weighted by Crippen LogP contribution is 2.05. The van der Waals surface area contributed by atoms with Crippen LogP contribution in [0.2, 0.25) is 0 Å². The van der Waals surface area contributed by atoms with Gasteiger partial charge in [-0.25, -0.2) is 23.1 Å². The maximum atomic E-state index is 10.6. The molecule has 0 aliphatic heterocycles. The van der Waals surface area contributed by atoms with E-state index in [1.165, 1.54) is 18.7 Å². The predicted octanol–water partition coefficient (Wildman–Crippen LogP) is -0.189. The highest BCUT2D eigenvalue weighted by Gasteiger charge is 2.06. The molecule has 0 bridgehead atoms. The van der Waals surface area contributed by atoms with Gasteiger partial charge in [0, 0.05) is 12.4 Å². The summed E-state index contributed by atoms with van der Waals surface area (Å²) >= 11 is -2.12. The van der Waals surface area contributed by atoms with Crippen LogP contribution in [-0.4, -0.2) is 27.7 Å². The molecule has 1 N–H and O–H groups in total. The van der Waals surface area contributed by atoms with E-state index in [-0.39, 0.29) is 0 Å². The minimum atomic E-state index is -2.12. The molecular weight excluding hydrogens is 180 g/mol. The summed E-state index contributed by atoms with van der Waals surface area (Å²) in [7, 11) is 0. The van der Waals surface area contributed by atoms with Crippen molar-refractivity contribution in [2.24, 2.45) is 0 Å². The molecule has 2 aromatic rings. The summed E-state index contributed by atoms with van der Waals surface area (Å²) in [6.45, 7) is 0. The molecule has 0 aliphatic rings. The minimum absolute atomic E-state index is 0.304. The lowest BCUT2D eigenvalue weighted by molar-refractivity contribution is 0.556. The number of aromatic nitrogens is 4. The Labute approximate surface area is 69.7 Å². The average molecular weight is 184 g/mol. The molecule has 0 saturated heterocycles. The second-order valence-electron chi connectivity index (χ2n) is 2.00. The average Bonchev–Trinajstić information content (AvgIpc) is 2.47. The first-order valence-corrected chi connectivity index (χ1v) is 4.11. The molecule has 62 valence electrons. The van der Waals surface area contributed by atoms with Gasteiger partial charge in [-0.15, -0.1) is 0 Å². The molecule has 6 nitrogen and oxygen atoms in total. The normalized spacial score (nSPS) is 13.4. The van der Waals surface area contributed by atoms with Crippen molar-refractivity contribution in [2.75, 3.05) is 0 Å². The van der Waals surface area contributed by atoms with E-state index in [2.05, 4.69) is 15.0 Å². The van der Waals surface area contributed by atoms with Crippen LogP contribution in [0.3, 0.4) is 0 Å². The van der Waals surface area contributed by atoms with Gasteiger partial charge < -0.3 is 0 Å². The second-order valence-corrected chi connectivity index (χ2v) is 2.86. The number of fused-ring (bicyclic) bond motifs is 1. The van der Waals surface area contributed by atoms with Crippen molar-refractivity contribution in [3.8, 4) is 0 Å². The van der Waals surface area contributed by atoms with Crippen LogP contribution in [-0.2, 0) is 11.3 Å². The van der Waals surface area contributed by atoms with Gasteiger partial charge in [0.1, 0.15) is 6.33 Å². The zero-order valence-corrected chi connectivity index (χ0v) is 6.60. The third-order valence-electron chi connectivity index (χ3n) is 1.32. The Morgan fingerprint density at radius 2 is 2.08 bits per heavy atom. The van der Waals surface area contributed by atoms with Gasteiger partial charge in [0.2, 0.25) is 0 Å². The number of rotatable bonds is 1. The summed E-state index contributed by atoms with van der Waals surface area (Å²) in [4.78, 5) is 11.5. The van der Waals surface area contributed by atoms with Gasteiger partial charge in [-0.2, -0.15) is 0 Å². The van der Waals surface area contributed by atoms with Crippen LogP contribution in [0, 0.1) is 0 Å². The SMILES string of the molecule is O=S(O)n1cnc2nccnc21. The Morgan fingerprint density at radius 1 is 1.33 bits per heavy atom. The van der Waals surface area contributed by atoms with Gasteiger partial charge >= 0.3 is 0 Å². The van der Waals surface area contributed by atoms with Crippen molar-refractivity contribution >= 4 is 22.6 Å². The molecule has 0 saturated carbocycles. The lowest BCUT2D eigenvalue weighted by Crippen LogP contribution is -2.01. The largest absolute Gasteiger partial charge is 0.289 e. The first-order valence-electron chi connectivity index (χ1n) is 3.04. The van der Waals surface area contributed by atoms with E-state index < -0.39 is 11.3 Å². The Hall–Kier alpha value is -1.34. The van der Waals surface area contributed by atoms with Crippen LogP contribution < -0.4 is 0 Å². The van der Waals surface area contributed by atoms with E-state index in [1.54, 1.807) is 0 Å². The Bertz CT molecular complexity index is 440. The molecule has 12 heavy (non-hydrogen) atoms. The summed E-state index contributed by atoms with van der Waals surface area (Å²) < 4.78 is 20.4. The second kappa shape index (κ2) is 2.61. The number of imidazole rings is 1. The van der Waals surface area contributed by atoms with E-state index in [9.17, 15) is 4.21 Å². The minimum Gasteiger partial charge on any atom is -0.289 e. The van der Waals surface area contributed by atoms with Crippen molar-refractivity contribution in [2.45, 2.75) is 0 Å². The maximum Gasteiger partial charge on any atom is 0.268 e. The summed E-state index contributed by atoms with van der Waals surface area (Å²) in [5.41, 5.74) is 0.665. The highest BCUT2D eigenvalue weighted by atomic mass is 32.2. The van der Waals surface area contributed by atoms with Gasteiger partial charge in [-0.3, -0.25) is 4.55 Å². The van der Waals surface area contributed by atoms with E-state index in [1.807, 2.05) is 0 Å². The van der Waals surface area contributed by atoms with Gasteiger partial charge in [-0.1, -0.05) is 0 Å². The van der Waals surface area contributed by atoms with Crippen LogP contribution >= 0.6 is 0 Å². The fourth-order valence-electron chi connectivity index (χ4n) is 0.846. The van der Waals surface area contributed by atoms with E-state index >= 15 is 0 Å². The van der Waals surface area contributed by atoms with E-state index in [4.69, 9.17) is 4.55 Å². The summed E-state index contributed by atoms with van der Waals surface area (Å²) in [6.07, 6.45) is 4.13. The third kappa shape index (κ3) is 0.990. The number of hydrogen-bond donors (Lipinski definition) is 1. The number of hydrogen-bond acceptors (Lipinski definition) is 4. The third-order valence-corrected chi connectivity index (χ3v) is 1.93. The fourth-order valence-corrected chi connectivity index (χ4v) is 1.25. The van der Waals surface area contributed by atoms with Crippen LogP contribution in [0.15, 0.2) is 18.7 Å². The zero-order valence-electron chi connectivity index (χ0n) is 5.78. The molecular formula is C5H4N4O2S. The van der Waals surface area contributed by atoms with Crippen molar-refractivity contribution in [3.63, 3.8) is 0 Å². The van der Waals surface area contributed by atoms with Crippen LogP contribution in [0.4, 0.5) is 0 Å². The van der Waals surface area contributed by atoms with Crippen molar-refractivity contribution in [1.82, 2.24) is 18.9 Å². The molecule has 0 aliphatic carbocycles. The first kappa shape index (κ1) is 7.32. The molecule has 0 spiro atoms. The highest BCUT2D eigenvalue weighted by molar-refractivity contribution is 7.77. The Kier molecular flexibility index (Phi) is 1.59. The first-order chi connectivity index (χ1) is 5.79. The summed E-state index contributed by atoms with van der Waals surface area (Å²) in [6, 6.07) is 0.